The topological polar surface area (TPSA) is 90.3 Å². The average Bonchev–Trinajstić information content (AvgIpc) is 3.02. The number of halogens is 1. The molecule has 0 saturated heterocycles. The maximum Gasteiger partial charge on any atom is 0.338 e. The number of benzene rings is 2. The van der Waals surface area contributed by atoms with Gasteiger partial charge < -0.3 is 4.74 Å². The molecule has 28 heavy (non-hydrogen) atoms. The van der Waals surface area contributed by atoms with Crippen LogP contribution in [0.25, 0.3) is 5.69 Å². The number of aromatic nitrogens is 2. The van der Waals surface area contributed by atoms with Crippen molar-refractivity contribution in [3.63, 3.8) is 0 Å². The van der Waals surface area contributed by atoms with Crippen molar-refractivity contribution in [3.05, 3.63) is 71.7 Å². The second-order valence-corrected chi connectivity index (χ2v) is 7.59. The molecule has 146 valence electrons. The molecule has 7 nitrogen and oxygen atoms in total. The highest BCUT2D eigenvalue weighted by molar-refractivity contribution is 7.92. The predicted molar refractivity (Wildman–Crippen MR) is 101 cm³/mol. The van der Waals surface area contributed by atoms with Gasteiger partial charge in [0.2, 0.25) is 0 Å². The Balaban J connectivity index is 1.89. The minimum atomic E-state index is -3.93. The Morgan fingerprint density at radius 1 is 1.14 bits per heavy atom. The van der Waals surface area contributed by atoms with E-state index in [9.17, 15) is 17.6 Å². The molecule has 3 aromatic rings. The number of sulfonamides is 1. The molecule has 0 aliphatic heterocycles. The van der Waals surface area contributed by atoms with Gasteiger partial charge in [-0.3, -0.25) is 4.72 Å². The fourth-order valence-corrected chi connectivity index (χ4v) is 3.57. The summed E-state index contributed by atoms with van der Waals surface area (Å²) in [6, 6.07) is 12.5. The van der Waals surface area contributed by atoms with Gasteiger partial charge in [-0.05, 0) is 62.4 Å². The van der Waals surface area contributed by atoms with Gasteiger partial charge in [0, 0.05) is 6.07 Å². The average molecular weight is 403 g/mol. The van der Waals surface area contributed by atoms with Crippen LogP contribution in [0.3, 0.4) is 0 Å². The molecule has 0 amide bonds. The van der Waals surface area contributed by atoms with Crippen LogP contribution in [0.15, 0.2) is 59.5 Å². The van der Waals surface area contributed by atoms with Crippen LogP contribution in [-0.2, 0) is 14.8 Å². The maximum atomic E-state index is 13.2. The molecule has 0 radical (unpaired) electrons. The first-order valence-electron chi connectivity index (χ1n) is 8.43. The van der Waals surface area contributed by atoms with Gasteiger partial charge >= 0.3 is 5.97 Å². The van der Waals surface area contributed by atoms with E-state index in [2.05, 4.69) is 9.82 Å². The molecule has 0 spiro atoms. The quantitative estimate of drug-likeness (QED) is 0.638. The Morgan fingerprint density at radius 2 is 1.79 bits per heavy atom. The zero-order valence-corrected chi connectivity index (χ0v) is 16.0. The highest BCUT2D eigenvalue weighted by Crippen LogP contribution is 2.21. The van der Waals surface area contributed by atoms with Crippen LogP contribution in [0.4, 0.5) is 10.2 Å². The number of ether oxygens (including phenoxy) is 1. The van der Waals surface area contributed by atoms with Gasteiger partial charge in [0.1, 0.15) is 11.6 Å². The number of aryl methyl sites for hydroxylation is 1. The van der Waals surface area contributed by atoms with E-state index in [1.165, 1.54) is 53.2 Å². The number of hydrogen-bond acceptors (Lipinski definition) is 5. The second kappa shape index (κ2) is 7.81. The van der Waals surface area contributed by atoms with Crippen molar-refractivity contribution in [1.29, 1.82) is 0 Å². The molecule has 0 aliphatic rings. The van der Waals surface area contributed by atoms with Gasteiger partial charge in [0.15, 0.2) is 0 Å². The fraction of sp³-hybridized carbons (Fsp3) is 0.158. The Kier molecular flexibility index (Phi) is 5.46. The summed E-state index contributed by atoms with van der Waals surface area (Å²) < 4.78 is 47.3. The van der Waals surface area contributed by atoms with Crippen LogP contribution in [-0.4, -0.2) is 30.8 Å². The van der Waals surface area contributed by atoms with E-state index in [1.807, 2.05) is 0 Å². The Bertz CT molecular complexity index is 1090. The largest absolute Gasteiger partial charge is 0.462 e. The van der Waals surface area contributed by atoms with Gasteiger partial charge in [0.05, 0.1) is 28.4 Å². The number of rotatable bonds is 6. The first kappa shape index (κ1) is 19.6. The van der Waals surface area contributed by atoms with Crippen molar-refractivity contribution in [2.75, 3.05) is 11.3 Å². The van der Waals surface area contributed by atoms with E-state index < -0.39 is 21.8 Å². The summed E-state index contributed by atoms with van der Waals surface area (Å²) in [6.45, 7) is 3.63. The number of hydrogen-bond donors (Lipinski definition) is 1. The molecule has 9 heteroatoms. The number of esters is 1. The lowest BCUT2D eigenvalue weighted by molar-refractivity contribution is 0.0526. The summed E-state index contributed by atoms with van der Waals surface area (Å²) in [7, 11) is -3.93. The van der Waals surface area contributed by atoms with E-state index >= 15 is 0 Å². The van der Waals surface area contributed by atoms with Crippen LogP contribution in [0.1, 0.15) is 23.0 Å². The summed E-state index contributed by atoms with van der Waals surface area (Å²) >= 11 is 0. The minimum Gasteiger partial charge on any atom is -0.462 e. The molecule has 0 atom stereocenters. The number of nitrogens with zero attached hydrogens (tertiary/aromatic N) is 2. The SMILES string of the molecule is CCOC(=O)c1ccc(S(=O)(=O)Nc2cc(C)nn2-c2ccc(F)cc2)cc1. The third-order valence-electron chi connectivity index (χ3n) is 3.82. The molecule has 1 heterocycles. The lowest BCUT2D eigenvalue weighted by Gasteiger charge is -2.11. The Morgan fingerprint density at radius 3 is 2.39 bits per heavy atom. The number of nitrogens with one attached hydrogen (secondary N) is 1. The summed E-state index contributed by atoms with van der Waals surface area (Å²) in [5.41, 5.74) is 1.34. The highest BCUT2D eigenvalue weighted by Gasteiger charge is 2.19. The monoisotopic (exact) mass is 403 g/mol. The molecule has 0 aliphatic carbocycles. The highest BCUT2D eigenvalue weighted by atomic mass is 32.2. The van der Waals surface area contributed by atoms with Crippen LogP contribution >= 0.6 is 0 Å². The zero-order valence-electron chi connectivity index (χ0n) is 15.2. The summed E-state index contributed by atoms with van der Waals surface area (Å²) in [5.74, 6) is -0.723. The van der Waals surface area contributed by atoms with E-state index in [-0.39, 0.29) is 22.9 Å². The molecular formula is C19H18FN3O4S. The van der Waals surface area contributed by atoms with Crippen molar-refractivity contribution in [2.45, 2.75) is 18.7 Å². The molecule has 3 rings (SSSR count). The Labute approximate surface area is 161 Å². The van der Waals surface area contributed by atoms with E-state index in [0.717, 1.165) is 0 Å². The summed E-state index contributed by atoms with van der Waals surface area (Å²) in [4.78, 5) is 11.7. The molecule has 0 bridgehead atoms. The molecule has 0 saturated carbocycles. The molecule has 1 aromatic heterocycles. The van der Waals surface area contributed by atoms with E-state index in [4.69, 9.17) is 4.74 Å². The van der Waals surface area contributed by atoms with E-state index in [0.29, 0.717) is 11.4 Å². The van der Waals surface area contributed by atoms with Crippen molar-refractivity contribution in [2.24, 2.45) is 0 Å². The van der Waals surface area contributed by atoms with Crippen LogP contribution in [0, 0.1) is 12.7 Å². The predicted octanol–water partition coefficient (Wildman–Crippen LogP) is 3.30. The zero-order chi connectivity index (χ0) is 20.3. The summed E-state index contributed by atoms with van der Waals surface area (Å²) in [6.07, 6.45) is 0. The van der Waals surface area contributed by atoms with Crippen molar-refractivity contribution in [1.82, 2.24) is 9.78 Å². The lowest BCUT2D eigenvalue weighted by atomic mass is 10.2. The van der Waals surface area contributed by atoms with Gasteiger partial charge in [-0.1, -0.05) is 0 Å². The van der Waals surface area contributed by atoms with Crippen LogP contribution in [0.2, 0.25) is 0 Å². The van der Waals surface area contributed by atoms with Gasteiger partial charge in [0.25, 0.3) is 10.0 Å². The fourth-order valence-electron chi connectivity index (χ4n) is 2.53. The van der Waals surface area contributed by atoms with Crippen LogP contribution < -0.4 is 4.72 Å². The maximum absolute atomic E-state index is 13.2. The number of carbonyl (C=O) groups is 1. The van der Waals surface area contributed by atoms with Crippen molar-refractivity contribution < 1.29 is 22.3 Å². The lowest BCUT2D eigenvalue weighted by Crippen LogP contribution is -2.16. The number of anilines is 1. The van der Waals surface area contributed by atoms with Gasteiger partial charge in [-0.2, -0.15) is 5.10 Å². The van der Waals surface area contributed by atoms with Crippen molar-refractivity contribution in [3.8, 4) is 5.69 Å². The molecule has 2 aromatic carbocycles. The molecule has 0 fully saturated rings. The second-order valence-electron chi connectivity index (χ2n) is 5.91. The smallest absolute Gasteiger partial charge is 0.338 e. The van der Waals surface area contributed by atoms with Gasteiger partial charge in [-0.15, -0.1) is 0 Å². The Hall–Kier alpha value is -3.20. The standard InChI is InChI=1S/C19H18FN3O4S/c1-3-27-19(24)14-4-10-17(11-5-14)28(25,26)22-18-12-13(2)21-23(18)16-8-6-15(20)7-9-16/h4-12,22H,3H2,1-2H3. The first-order chi connectivity index (χ1) is 13.3. The number of carbonyl (C=O) groups excluding carboxylic acids is 1. The summed E-state index contributed by atoms with van der Waals surface area (Å²) in [5, 5.41) is 4.25. The third kappa shape index (κ3) is 4.20. The normalized spacial score (nSPS) is 11.2. The van der Waals surface area contributed by atoms with Gasteiger partial charge in [-0.25, -0.2) is 22.3 Å². The molecular weight excluding hydrogens is 385 g/mol. The first-order valence-corrected chi connectivity index (χ1v) is 9.91. The van der Waals surface area contributed by atoms with Crippen LogP contribution in [0.5, 0.6) is 0 Å². The minimum absolute atomic E-state index is 0.0231. The van der Waals surface area contributed by atoms with Crippen molar-refractivity contribution >= 4 is 21.8 Å². The molecule has 0 unspecified atom stereocenters. The molecule has 1 N–H and O–H groups in total. The third-order valence-corrected chi connectivity index (χ3v) is 5.19. The van der Waals surface area contributed by atoms with E-state index in [1.54, 1.807) is 19.9 Å².